The van der Waals surface area contributed by atoms with E-state index in [0.29, 0.717) is 19.5 Å². The number of carbonyl (C=O) groups excluding carboxylic acids is 2. The summed E-state index contributed by atoms with van der Waals surface area (Å²) >= 11 is 0. The van der Waals surface area contributed by atoms with Crippen LogP contribution in [0.1, 0.15) is 18.4 Å². The van der Waals surface area contributed by atoms with Gasteiger partial charge < -0.3 is 10.6 Å². The molecule has 0 bridgehead atoms. The zero-order chi connectivity index (χ0) is 16.9. The van der Waals surface area contributed by atoms with Gasteiger partial charge >= 0.3 is 0 Å². The highest BCUT2D eigenvalue weighted by atomic mass is 16.2. The number of nitrogens with zero attached hydrogens (tertiary/aromatic N) is 1. The fourth-order valence-corrected chi connectivity index (χ4v) is 3.17. The lowest BCUT2D eigenvalue weighted by Gasteiger charge is -2.31. The van der Waals surface area contributed by atoms with Gasteiger partial charge in [0, 0.05) is 13.1 Å². The maximum absolute atomic E-state index is 12.5. The Balaban J connectivity index is 1.63. The minimum Gasteiger partial charge on any atom is -0.369 e. The Bertz CT molecular complexity index is 710. The Morgan fingerprint density at radius 2 is 1.67 bits per heavy atom. The van der Waals surface area contributed by atoms with Crippen LogP contribution in [0, 0.1) is 5.92 Å². The molecule has 0 spiro atoms. The van der Waals surface area contributed by atoms with Crippen LogP contribution in [0.2, 0.25) is 0 Å². The van der Waals surface area contributed by atoms with Crippen LogP contribution in [0.5, 0.6) is 0 Å². The van der Waals surface area contributed by atoms with Crippen molar-refractivity contribution in [2.75, 3.05) is 13.1 Å². The van der Waals surface area contributed by atoms with Gasteiger partial charge in [-0.25, -0.2) is 0 Å². The first-order valence-electron chi connectivity index (χ1n) is 8.35. The van der Waals surface area contributed by atoms with E-state index in [-0.39, 0.29) is 17.7 Å². The molecule has 2 amide bonds. The first kappa shape index (κ1) is 16.2. The molecule has 124 valence electrons. The molecule has 0 saturated carbocycles. The highest BCUT2D eigenvalue weighted by Crippen LogP contribution is 2.21. The Hall–Kier alpha value is -2.62. The predicted molar refractivity (Wildman–Crippen MR) is 94.1 cm³/mol. The first-order valence-corrected chi connectivity index (χ1v) is 8.35. The predicted octanol–water partition coefficient (Wildman–Crippen LogP) is 2.62. The number of primary amides is 1. The summed E-state index contributed by atoms with van der Waals surface area (Å²) in [4.78, 5) is 25.6. The maximum Gasteiger partial charge on any atom is 0.227 e. The number of carbonyl (C=O) groups is 2. The molecule has 4 nitrogen and oxygen atoms in total. The van der Waals surface area contributed by atoms with Crippen molar-refractivity contribution in [3.63, 3.8) is 0 Å². The van der Waals surface area contributed by atoms with Crippen LogP contribution in [0.4, 0.5) is 0 Å². The molecular weight excluding hydrogens is 300 g/mol. The second-order valence-corrected chi connectivity index (χ2v) is 6.32. The monoisotopic (exact) mass is 322 g/mol. The van der Waals surface area contributed by atoms with Crippen LogP contribution in [0.3, 0.4) is 0 Å². The molecule has 1 saturated heterocycles. The van der Waals surface area contributed by atoms with Crippen LogP contribution in [0.15, 0.2) is 54.6 Å². The summed E-state index contributed by atoms with van der Waals surface area (Å²) in [6.45, 7) is 1.17. The fourth-order valence-electron chi connectivity index (χ4n) is 3.17. The second kappa shape index (κ2) is 7.30. The average molecular weight is 322 g/mol. The Morgan fingerprint density at radius 1 is 1.00 bits per heavy atom. The number of rotatable bonds is 4. The van der Waals surface area contributed by atoms with Crippen molar-refractivity contribution < 1.29 is 9.59 Å². The molecule has 0 aromatic heterocycles. The van der Waals surface area contributed by atoms with Crippen molar-refractivity contribution in [3.8, 4) is 11.1 Å². The third kappa shape index (κ3) is 3.82. The van der Waals surface area contributed by atoms with Crippen LogP contribution in [-0.4, -0.2) is 29.8 Å². The fraction of sp³-hybridized carbons (Fsp3) is 0.300. The SMILES string of the molecule is NC(=O)C1CCCN(C(=O)Cc2ccc(-c3ccccc3)cc2)C1. The summed E-state index contributed by atoms with van der Waals surface area (Å²) in [7, 11) is 0. The molecule has 1 heterocycles. The summed E-state index contributed by atoms with van der Waals surface area (Å²) in [6, 6.07) is 18.2. The zero-order valence-corrected chi connectivity index (χ0v) is 13.7. The van der Waals surface area contributed by atoms with Gasteiger partial charge in [0.2, 0.25) is 11.8 Å². The number of hydrogen-bond donors (Lipinski definition) is 1. The Labute approximate surface area is 142 Å². The number of amides is 2. The summed E-state index contributed by atoms with van der Waals surface area (Å²) in [5, 5.41) is 0. The number of hydrogen-bond acceptors (Lipinski definition) is 2. The van der Waals surface area contributed by atoms with E-state index in [9.17, 15) is 9.59 Å². The van der Waals surface area contributed by atoms with Crippen LogP contribution in [0.25, 0.3) is 11.1 Å². The molecule has 3 rings (SSSR count). The van der Waals surface area contributed by atoms with E-state index in [1.54, 1.807) is 4.90 Å². The van der Waals surface area contributed by atoms with Gasteiger partial charge in [0.05, 0.1) is 12.3 Å². The molecule has 24 heavy (non-hydrogen) atoms. The minimum atomic E-state index is -0.306. The van der Waals surface area contributed by atoms with Gasteiger partial charge in [0.1, 0.15) is 0 Å². The van der Waals surface area contributed by atoms with Crippen molar-refractivity contribution in [1.82, 2.24) is 4.90 Å². The molecule has 1 fully saturated rings. The molecule has 0 radical (unpaired) electrons. The van der Waals surface area contributed by atoms with Gasteiger partial charge in [0.25, 0.3) is 0 Å². The largest absolute Gasteiger partial charge is 0.369 e. The molecule has 1 unspecified atom stereocenters. The standard InChI is InChI=1S/C20H22N2O2/c21-20(24)18-7-4-12-22(14-18)19(23)13-15-8-10-17(11-9-15)16-5-2-1-3-6-16/h1-3,5-6,8-11,18H,4,7,12-14H2,(H2,21,24). The normalized spacial score (nSPS) is 17.5. The van der Waals surface area contributed by atoms with Crippen LogP contribution in [-0.2, 0) is 16.0 Å². The highest BCUT2D eigenvalue weighted by molar-refractivity contribution is 5.81. The van der Waals surface area contributed by atoms with Crippen LogP contribution < -0.4 is 5.73 Å². The van der Waals surface area contributed by atoms with Crippen molar-refractivity contribution in [1.29, 1.82) is 0 Å². The van der Waals surface area contributed by atoms with Gasteiger partial charge in [-0.05, 0) is 29.5 Å². The van der Waals surface area contributed by atoms with Crippen molar-refractivity contribution in [3.05, 3.63) is 60.2 Å². The summed E-state index contributed by atoms with van der Waals surface area (Å²) < 4.78 is 0. The van der Waals surface area contributed by atoms with E-state index >= 15 is 0 Å². The number of piperidine rings is 1. The van der Waals surface area contributed by atoms with E-state index in [1.807, 2.05) is 42.5 Å². The topological polar surface area (TPSA) is 63.4 Å². The van der Waals surface area contributed by atoms with E-state index in [0.717, 1.165) is 29.5 Å². The zero-order valence-electron chi connectivity index (χ0n) is 13.7. The second-order valence-electron chi connectivity index (χ2n) is 6.32. The Kier molecular flexibility index (Phi) is 4.94. The smallest absolute Gasteiger partial charge is 0.227 e. The third-order valence-corrected chi connectivity index (χ3v) is 4.59. The minimum absolute atomic E-state index is 0.0633. The summed E-state index contributed by atoms with van der Waals surface area (Å²) in [5.41, 5.74) is 8.66. The molecule has 2 aromatic carbocycles. The van der Waals surface area contributed by atoms with Crippen LogP contribution >= 0.6 is 0 Å². The van der Waals surface area contributed by atoms with E-state index < -0.39 is 0 Å². The van der Waals surface area contributed by atoms with Crippen molar-refractivity contribution in [2.45, 2.75) is 19.3 Å². The van der Waals surface area contributed by atoms with Gasteiger partial charge in [-0.15, -0.1) is 0 Å². The lowest BCUT2D eigenvalue weighted by molar-refractivity contribution is -0.134. The molecule has 1 atom stereocenters. The lowest BCUT2D eigenvalue weighted by Crippen LogP contribution is -2.44. The maximum atomic E-state index is 12.5. The van der Waals surface area contributed by atoms with Gasteiger partial charge in [-0.3, -0.25) is 9.59 Å². The first-order chi connectivity index (χ1) is 11.6. The quantitative estimate of drug-likeness (QED) is 0.940. The molecule has 2 aromatic rings. The lowest BCUT2D eigenvalue weighted by atomic mass is 9.96. The molecule has 2 N–H and O–H groups in total. The van der Waals surface area contributed by atoms with E-state index in [1.165, 1.54) is 0 Å². The molecular formula is C20H22N2O2. The number of benzene rings is 2. The highest BCUT2D eigenvalue weighted by Gasteiger charge is 2.26. The Morgan fingerprint density at radius 3 is 2.33 bits per heavy atom. The van der Waals surface area contributed by atoms with E-state index in [2.05, 4.69) is 12.1 Å². The van der Waals surface area contributed by atoms with Gasteiger partial charge in [0.15, 0.2) is 0 Å². The van der Waals surface area contributed by atoms with Crippen molar-refractivity contribution >= 4 is 11.8 Å². The van der Waals surface area contributed by atoms with Gasteiger partial charge in [-0.1, -0.05) is 54.6 Å². The van der Waals surface area contributed by atoms with Crippen molar-refractivity contribution in [2.24, 2.45) is 11.7 Å². The number of likely N-dealkylation sites (tertiary alicyclic amines) is 1. The summed E-state index contributed by atoms with van der Waals surface area (Å²) in [6.07, 6.45) is 1.98. The molecule has 1 aliphatic rings. The van der Waals surface area contributed by atoms with E-state index in [4.69, 9.17) is 5.73 Å². The van der Waals surface area contributed by atoms with Gasteiger partial charge in [-0.2, -0.15) is 0 Å². The molecule has 1 aliphatic heterocycles. The average Bonchev–Trinajstić information content (AvgIpc) is 2.63. The summed E-state index contributed by atoms with van der Waals surface area (Å²) in [5.74, 6) is -0.448. The molecule has 4 heteroatoms. The molecule has 0 aliphatic carbocycles. The number of nitrogens with two attached hydrogens (primary N) is 1. The third-order valence-electron chi connectivity index (χ3n) is 4.59.